The van der Waals surface area contributed by atoms with Gasteiger partial charge in [-0.1, -0.05) is 51.5 Å². The second kappa shape index (κ2) is 11.1. The number of nitrogens with zero attached hydrogens (tertiary/aromatic N) is 2. The molecule has 0 aliphatic heterocycles. The zero-order valence-corrected chi connectivity index (χ0v) is 15.5. The van der Waals surface area contributed by atoms with Crippen molar-refractivity contribution in [2.45, 2.75) is 63.3 Å². The van der Waals surface area contributed by atoms with Crippen molar-refractivity contribution in [3.63, 3.8) is 0 Å². The van der Waals surface area contributed by atoms with Crippen molar-refractivity contribution in [1.82, 2.24) is 14.7 Å². The number of carbonyl (C=O) groups is 1. The second-order valence-electron chi connectivity index (χ2n) is 6.09. The molecule has 0 saturated heterocycles. The number of unbranched alkanes of at least 4 members (excludes halogenated alkanes) is 6. The molecular formula is C19H29N3OS. The SMILES string of the molecule is CCCCCCCCCC(=O)NCCSc1cccc2nccn12. The third kappa shape index (κ3) is 6.56. The van der Waals surface area contributed by atoms with E-state index in [2.05, 4.69) is 27.7 Å². The van der Waals surface area contributed by atoms with Gasteiger partial charge in [-0.3, -0.25) is 9.20 Å². The fourth-order valence-corrected chi connectivity index (χ4v) is 3.60. The summed E-state index contributed by atoms with van der Waals surface area (Å²) in [6, 6.07) is 6.09. The van der Waals surface area contributed by atoms with Crippen LogP contribution in [-0.2, 0) is 4.79 Å². The number of pyridine rings is 1. The Kier molecular flexibility index (Phi) is 8.74. The summed E-state index contributed by atoms with van der Waals surface area (Å²) in [5.74, 6) is 1.06. The molecule has 5 heteroatoms. The van der Waals surface area contributed by atoms with Gasteiger partial charge in [0.15, 0.2) is 0 Å². The number of rotatable bonds is 12. The zero-order valence-electron chi connectivity index (χ0n) is 14.7. The molecular weight excluding hydrogens is 318 g/mol. The van der Waals surface area contributed by atoms with Crippen LogP contribution in [0.2, 0.25) is 0 Å². The molecule has 0 saturated carbocycles. The number of hydrogen-bond donors (Lipinski definition) is 1. The van der Waals surface area contributed by atoms with Gasteiger partial charge in [-0.15, -0.1) is 11.8 Å². The van der Waals surface area contributed by atoms with Crippen molar-refractivity contribution in [1.29, 1.82) is 0 Å². The highest BCUT2D eigenvalue weighted by molar-refractivity contribution is 7.99. The zero-order chi connectivity index (χ0) is 17.0. The number of fused-ring (bicyclic) bond motifs is 1. The molecule has 1 amide bonds. The maximum Gasteiger partial charge on any atom is 0.220 e. The highest BCUT2D eigenvalue weighted by atomic mass is 32.2. The van der Waals surface area contributed by atoms with Crippen LogP contribution in [0.3, 0.4) is 0 Å². The predicted molar refractivity (Wildman–Crippen MR) is 102 cm³/mol. The van der Waals surface area contributed by atoms with Crippen LogP contribution in [0.5, 0.6) is 0 Å². The summed E-state index contributed by atoms with van der Waals surface area (Å²) in [5.41, 5.74) is 0.961. The van der Waals surface area contributed by atoms with Gasteiger partial charge in [0.05, 0.1) is 5.03 Å². The first-order chi connectivity index (χ1) is 11.8. The fraction of sp³-hybridized carbons (Fsp3) is 0.579. The van der Waals surface area contributed by atoms with E-state index in [4.69, 9.17) is 0 Å². The predicted octanol–water partition coefficient (Wildman–Crippen LogP) is 4.68. The summed E-state index contributed by atoms with van der Waals surface area (Å²) < 4.78 is 2.07. The van der Waals surface area contributed by atoms with E-state index in [0.29, 0.717) is 13.0 Å². The summed E-state index contributed by atoms with van der Waals surface area (Å²) in [7, 11) is 0. The molecule has 0 aliphatic rings. The standard InChI is InChI=1S/C19H29N3OS/c1-2-3-4-5-6-7-8-11-18(23)21-14-16-24-19-12-9-10-17-20-13-15-22(17)19/h9-10,12-13,15H,2-8,11,14,16H2,1H3,(H,21,23). The number of hydrogen-bond acceptors (Lipinski definition) is 3. The molecule has 2 aromatic heterocycles. The van der Waals surface area contributed by atoms with E-state index in [0.717, 1.165) is 22.8 Å². The lowest BCUT2D eigenvalue weighted by Gasteiger charge is -2.07. The molecule has 2 aromatic rings. The van der Waals surface area contributed by atoms with Crippen molar-refractivity contribution in [2.24, 2.45) is 0 Å². The Hall–Kier alpha value is -1.49. The summed E-state index contributed by atoms with van der Waals surface area (Å²) in [6.07, 6.45) is 13.2. The molecule has 24 heavy (non-hydrogen) atoms. The van der Waals surface area contributed by atoms with Crippen LogP contribution in [0.15, 0.2) is 35.6 Å². The van der Waals surface area contributed by atoms with Crippen LogP contribution in [0.4, 0.5) is 0 Å². The van der Waals surface area contributed by atoms with Gasteiger partial charge in [-0.05, 0) is 18.6 Å². The molecule has 0 unspecified atom stereocenters. The topological polar surface area (TPSA) is 46.4 Å². The van der Waals surface area contributed by atoms with Crippen LogP contribution in [-0.4, -0.2) is 27.6 Å². The Labute approximate surface area is 149 Å². The van der Waals surface area contributed by atoms with Crippen LogP contribution in [0.1, 0.15) is 58.3 Å². The van der Waals surface area contributed by atoms with E-state index in [1.807, 2.05) is 24.5 Å². The monoisotopic (exact) mass is 347 g/mol. The summed E-state index contributed by atoms with van der Waals surface area (Å²) >= 11 is 1.74. The van der Waals surface area contributed by atoms with Gasteiger partial charge in [0.25, 0.3) is 0 Å². The van der Waals surface area contributed by atoms with Gasteiger partial charge >= 0.3 is 0 Å². The van der Waals surface area contributed by atoms with E-state index in [1.165, 1.54) is 38.5 Å². The molecule has 0 fully saturated rings. The van der Waals surface area contributed by atoms with Gasteiger partial charge in [0, 0.05) is 31.1 Å². The quantitative estimate of drug-likeness (QED) is 0.448. The minimum atomic E-state index is 0.185. The number of nitrogens with one attached hydrogen (secondary N) is 1. The van der Waals surface area contributed by atoms with Gasteiger partial charge in [-0.2, -0.15) is 0 Å². The van der Waals surface area contributed by atoms with Crippen molar-refractivity contribution >= 4 is 23.3 Å². The molecule has 0 spiro atoms. The Morgan fingerprint density at radius 2 is 1.96 bits per heavy atom. The maximum atomic E-state index is 11.8. The highest BCUT2D eigenvalue weighted by Gasteiger charge is 2.03. The second-order valence-corrected chi connectivity index (χ2v) is 7.20. The molecule has 0 aliphatic carbocycles. The van der Waals surface area contributed by atoms with E-state index in [9.17, 15) is 4.79 Å². The van der Waals surface area contributed by atoms with Crippen LogP contribution in [0, 0.1) is 0 Å². The average Bonchev–Trinajstić information content (AvgIpc) is 3.07. The molecule has 1 N–H and O–H groups in total. The third-order valence-electron chi connectivity index (χ3n) is 4.07. The largest absolute Gasteiger partial charge is 0.355 e. The minimum Gasteiger partial charge on any atom is -0.355 e. The summed E-state index contributed by atoms with van der Waals surface area (Å²) in [6.45, 7) is 2.95. The van der Waals surface area contributed by atoms with Crippen molar-refractivity contribution in [3.05, 3.63) is 30.6 Å². The maximum absolute atomic E-state index is 11.8. The first-order valence-corrected chi connectivity index (χ1v) is 10.1. The number of carbonyl (C=O) groups excluding carboxylic acids is 1. The van der Waals surface area contributed by atoms with E-state index < -0.39 is 0 Å². The van der Waals surface area contributed by atoms with Crippen LogP contribution >= 0.6 is 11.8 Å². The average molecular weight is 348 g/mol. The van der Waals surface area contributed by atoms with E-state index in [-0.39, 0.29) is 5.91 Å². The van der Waals surface area contributed by atoms with Crippen molar-refractivity contribution in [2.75, 3.05) is 12.3 Å². The van der Waals surface area contributed by atoms with E-state index >= 15 is 0 Å². The smallest absolute Gasteiger partial charge is 0.220 e. The van der Waals surface area contributed by atoms with Crippen LogP contribution < -0.4 is 5.32 Å². The number of aromatic nitrogens is 2. The molecule has 2 rings (SSSR count). The normalized spacial score (nSPS) is 11.0. The van der Waals surface area contributed by atoms with Gasteiger partial charge in [0.1, 0.15) is 5.65 Å². The molecule has 0 bridgehead atoms. The molecule has 0 radical (unpaired) electrons. The lowest BCUT2D eigenvalue weighted by atomic mass is 10.1. The Morgan fingerprint density at radius 3 is 2.79 bits per heavy atom. The molecule has 4 nitrogen and oxygen atoms in total. The lowest BCUT2D eigenvalue weighted by molar-refractivity contribution is -0.121. The van der Waals surface area contributed by atoms with Crippen molar-refractivity contribution in [3.8, 4) is 0 Å². The first-order valence-electron chi connectivity index (χ1n) is 9.13. The van der Waals surface area contributed by atoms with Crippen molar-refractivity contribution < 1.29 is 4.79 Å². The minimum absolute atomic E-state index is 0.185. The van der Waals surface area contributed by atoms with Gasteiger partial charge < -0.3 is 5.32 Å². The number of amides is 1. The lowest BCUT2D eigenvalue weighted by Crippen LogP contribution is -2.25. The Morgan fingerprint density at radius 1 is 1.17 bits per heavy atom. The molecule has 132 valence electrons. The van der Waals surface area contributed by atoms with Gasteiger partial charge in [-0.25, -0.2) is 4.98 Å². The third-order valence-corrected chi connectivity index (χ3v) is 5.11. The summed E-state index contributed by atoms with van der Waals surface area (Å²) in [5, 5.41) is 4.18. The summed E-state index contributed by atoms with van der Waals surface area (Å²) in [4.78, 5) is 16.1. The number of thioether (sulfide) groups is 1. The number of imidazole rings is 1. The van der Waals surface area contributed by atoms with E-state index in [1.54, 1.807) is 11.8 Å². The molecule has 0 atom stereocenters. The molecule has 0 aromatic carbocycles. The Bertz CT molecular complexity index is 611. The first kappa shape index (κ1) is 18.8. The highest BCUT2D eigenvalue weighted by Crippen LogP contribution is 2.18. The van der Waals surface area contributed by atoms with Gasteiger partial charge in [0.2, 0.25) is 5.91 Å². The Balaban J connectivity index is 1.53. The van der Waals surface area contributed by atoms with Crippen LogP contribution in [0.25, 0.3) is 5.65 Å². The fourth-order valence-electron chi connectivity index (χ4n) is 2.72. The molecule has 2 heterocycles.